The van der Waals surface area contributed by atoms with Gasteiger partial charge in [0.2, 0.25) is 0 Å². The number of pyridine rings is 2. The number of halogens is 1. The van der Waals surface area contributed by atoms with Gasteiger partial charge in [0, 0.05) is 31.7 Å². The molecular weight excluding hydrogens is 386 g/mol. The number of hydrogen-bond acceptors (Lipinski definition) is 4. The van der Waals surface area contributed by atoms with Crippen molar-refractivity contribution < 1.29 is 4.79 Å². The average Bonchev–Trinajstić information content (AvgIpc) is 3.11. The van der Waals surface area contributed by atoms with Crippen molar-refractivity contribution >= 4 is 39.9 Å². The van der Waals surface area contributed by atoms with Crippen molar-refractivity contribution in [3.05, 3.63) is 47.5 Å². The van der Waals surface area contributed by atoms with Crippen molar-refractivity contribution in [2.24, 2.45) is 11.8 Å². The first kappa shape index (κ1) is 19.7. The van der Waals surface area contributed by atoms with Crippen LogP contribution in [-0.2, 0) is 0 Å². The Morgan fingerprint density at radius 3 is 3.03 bits per heavy atom. The Kier molecular flexibility index (Phi) is 5.72. The lowest BCUT2D eigenvalue weighted by Gasteiger charge is -2.36. The third-order valence-electron chi connectivity index (χ3n) is 5.44. The first-order chi connectivity index (χ1) is 14.0. The van der Waals surface area contributed by atoms with E-state index in [0.717, 1.165) is 36.2 Å². The Balaban J connectivity index is 1.68. The fourth-order valence-electron chi connectivity index (χ4n) is 4.28. The number of nitrogens with zero attached hydrogens (tertiary/aromatic N) is 3. The highest BCUT2D eigenvalue weighted by molar-refractivity contribution is 6.35. The zero-order valence-electron chi connectivity index (χ0n) is 16.8. The quantitative estimate of drug-likeness (QED) is 0.610. The highest BCUT2D eigenvalue weighted by Gasteiger charge is 2.26. The fraction of sp³-hybridized carbons (Fsp3) is 0.409. The molecule has 0 unspecified atom stereocenters. The number of amides is 1. The summed E-state index contributed by atoms with van der Waals surface area (Å²) in [5.41, 5.74) is 2.86. The SMILES string of the molecule is CC(C)C[C@@H]1CCCN(c2c(Cl)cnc3[nH]cc(NC(=O)c4cccnc4)c23)C1. The summed E-state index contributed by atoms with van der Waals surface area (Å²) in [6.07, 6.45) is 10.3. The molecule has 1 saturated heterocycles. The molecule has 1 amide bonds. The third-order valence-corrected chi connectivity index (χ3v) is 5.72. The second kappa shape index (κ2) is 8.41. The molecule has 0 radical (unpaired) electrons. The van der Waals surface area contributed by atoms with Gasteiger partial charge in [0.1, 0.15) is 5.65 Å². The maximum absolute atomic E-state index is 12.7. The molecule has 152 valence electrons. The van der Waals surface area contributed by atoms with Gasteiger partial charge in [-0.1, -0.05) is 25.4 Å². The summed E-state index contributed by atoms with van der Waals surface area (Å²) < 4.78 is 0. The van der Waals surface area contributed by atoms with Crippen molar-refractivity contribution in [1.29, 1.82) is 0 Å². The largest absolute Gasteiger partial charge is 0.369 e. The lowest BCUT2D eigenvalue weighted by Crippen LogP contribution is -2.36. The molecule has 6 nitrogen and oxygen atoms in total. The molecule has 4 rings (SSSR count). The van der Waals surface area contributed by atoms with Gasteiger partial charge in [0.15, 0.2) is 0 Å². The highest BCUT2D eigenvalue weighted by atomic mass is 35.5. The van der Waals surface area contributed by atoms with E-state index in [4.69, 9.17) is 11.6 Å². The maximum Gasteiger partial charge on any atom is 0.257 e. The number of H-pyrrole nitrogens is 1. The van der Waals surface area contributed by atoms with E-state index < -0.39 is 0 Å². The standard InChI is InChI=1S/C22H26ClN5O/c1-14(2)9-15-5-4-8-28(13-15)20-17(23)11-25-21-19(20)18(12-26-21)27-22(29)16-6-3-7-24-10-16/h3,6-7,10-12,14-15H,4-5,8-9,13H2,1-2H3,(H,25,26)(H,27,29)/t15-/m0/s1. The number of hydrogen-bond donors (Lipinski definition) is 2. The van der Waals surface area contributed by atoms with Crippen LogP contribution in [0.4, 0.5) is 11.4 Å². The van der Waals surface area contributed by atoms with Gasteiger partial charge in [0.05, 0.1) is 33.5 Å². The summed E-state index contributed by atoms with van der Waals surface area (Å²) >= 11 is 6.63. The van der Waals surface area contributed by atoms with Crippen molar-refractivity contribution in [3.8, 4) is 0 Å². The molecule has 0 bridgehead atoms. The molecule has 0 saturated carbocycles. The van der Waals surface area contributed by atoms with Crippen LogP contribution in [0.5, 0.6) is 0 Å². The minimum absolute atomic E-state index is 0.207. The van der Waals surface area contributed by atoms with Crippen LogP contribution in [0.2, 0.25) is 5.02 Å². The van der Waals surface area contributed by atoms with E-state index in [0.29, 0.717) is 28.1 Å². The molecule has 3 aromatic rings. The second-order valence-corrected chi connectivity index (χ2v) is 8.57. The summed E-state index contributed by atoms with van der Waals surface area (Å²) in [7, 11) is 0. The average molecular weight is 412 g/mol. The number of nitrogens with one attached hydrogen (secondary N) is 2. The van der Waals surface area contributed by atoms with E-state index >= 15 is 0 Å². The lowest BCUT2D eigenvalue weighted by molar-refractivity contribution is 0.102. The van der Waals surface area contributed by atoms with Crippen molar-refractivity contribution in [3.63, 3.8) is 0 Å². The molecule has 1 aliphatic rings. The summed E-state index contributed by atoms with van der Waals surface area (Å²) in [6.45, 7) is 6.47. The summed E-state index contributed by atoms with van der Waals surface area (Å²) in [4.78, 5) is 26.6. The Labute approximate surface area is 175 Å². The van der Waals surface area contributed by atoms with E-state index in [1.165, 1.54) is 12.8 Å². The number of aromatic amines is 1. The second-order valence-electron chi connectivity index (χ2n) is 8.16. The molecule has 29 heavy (non-hydrogen) atoms. The number of carbonyl (C=O) groups excluding carboxylic acids is 1. The Bertz CT molecular complexity index is 1000. The molecule has 0 aromatic carbocycles. The van der Waals surface area contributed by atoms with Crippen LogP contribution >= 0.6 is 11.6 Å². The van der Waals surface area contributed by atoms with Crippen LogP contribution in [0.15, 0.2) is 36.9 Å². The maximum atomic E-state index is 12.7. The zero-order chi connectivity index (χ0) is 20.4. The predicted octanol–water partition coefficient (Wildman–Crippen LogP) is 5.13. The van der Waals surface area contributed by atoms with Crippen molar-refractivity contribution in [2.45, 2.75) is 33.1 Å². The Morgan fingerprint density at radius 1 is 1.41 bits per heavy atom. The van der Waals surface area contributed by atoms with Gasteiger partial charge in [0.25, 0.3) is 5.91 Å². The first-order valence-corrected chi connectivity index (χ1v) is 10.5. The van der Waals surface area contributed by atoms with Gasteiger partial charge in [-0.25, -0.2) is 4.98 Å². The number of anilines is 2. The molecule has 7 heteroatoms. The van der Waals surface area contributed by atoms with Gasteiger partial charge >= 0.3 is 0 Å². The lowest BCUT2D eigenvalue weighted by atomic mass is 9.89. The van der Waals surface area contributed by atoms with Gasteiger partial charge in [-0.2, -0.15) is 0 Å². The van der Waals surface area contributed by atoms with Crippen LogP contribution in [0.1, 0.15) is 43.5 Å². The normalized spacial score (nSPS) is 17.1. The molecule has 0 aliphatic carbocycles. The molecular formula is C22H26ClN5O. The topological polar surface area (TPSA) is 73.9 Å². The summed E-state index contributed by atoms with van der Waals surface area (Å²) in [5, 5.41) is 4.47. The summed E-state index contributed by atoms with van der Waals surface area (Å²) in [6, 6.07) is 3.49. The summed E-state index contributed by atoms with van der Waals surface area (Å²) in [5.74, 6) is 1.12. The molecule has 3 aromatic heterocycles. The van der Waals surface area contributed by atoms with E-state index in [9.17, 15) is 4.79 Å². The molecule has 2 N–H and O–H groups in total. The van der Waals surface area contributed by atoms with Crippen LogP contribution in [0, 0.1) is 11.8 Å². The van der Waals surface area contributed by atoms with Crippen molar-refractivity contribution in [2.75, 3.05) is 23.3 Å². The first-order valence-electron chi connectivity index (χ1n) is 10.1. The van der Waals surface area contributed by atoms with Crippen LogP contribution in [-0.4, -0.2) is 33.9 Å². The molecule has 1 fully saturated rings. The number of rotatable bonds is 5. The smallest absolute Gasteiger partial charge is 0.257 e. The van der Waals surface area contributed by atoms with Gasteiger partial charge in [-0.15, -0.1) is 0 Å². The monoisotopic (exact) mass is 411 g/mol. The van der Waals surface area contributed by atoms with Crippen molar-refractivity contribution in [1.82, 2.24) is 15.0 Å². The highest BCUT2D eigenvalue weighted by Crippen LogP contribution is 2.40. The minimum atomic E-state index is -0.207. The van der Waals surface area contributed by atoms with E-state index in [1.54, 1.807) is 36.9 Å². The number of fused-ring (bicyclic) bond motifs is 1. The van der Waals surface area contributed by atoms with E-state index in [1.807, 2.05) is 0 Å². The van der Waals surface area contributed by atoms with Gasteiger partial charge in [-0.3, -0.25) is 9.78 Å². The Morgan fingerprint density at radius 2 is 2.28 bits per heavy atom. The fourth-order valence-corrected chi connectivity index (χ4v) is 4.55. The van der Waals surface area contributed by atoms with Crippen LogP contribution < -0.4 is 10.2 Å². The predicted molar refractivity (Wildman–Crippen MR) is 118 cm³/mol. The third kappa shape index (κ3) is 4.22. The van der Waals surface area contributed by atoms with E-state index in [2.05, 4.69) is 39.0 Å². The van der Waals surface area contributed by atoms with Crippen LogP contribution in [0.25, 0.3) is 11.0 Å². The zero-order valence-corrected chi connectivity index (χ0v) is 17.5. The molecule has 4 heterocycles. The minimum Gasteiger partial charge on any atom is -0.369 e. The van der Waals surface area contributed by atoms with E-state index in [-0.39, 0.29) is 5.91 Å². The number of piperidine rings is 1. The molecule has 1 atom stereocenters. The molecule has 1 aliphatic heterocycles. The number of carbonyl (C=O) groups is 1. The molecule has 0 spiro atoms. The van der Waals surface area contributed by atoms with Gasteiger partial charge < -0.3 is 15.2 Å². The van der Waals surface area contributed by atoms with Gasteiger partial charge in [-0.05, 0) is 43.2 Å². The van der Waals surface area contributed by atoms with Crippen LogP contribution in [0.3, 0.4) is 0 Å². The number of aromatic nitrogens is 3. The Hall–Kier alpha value is -2.60.